The summed E-state index contributed by atoms with van der Waals surface area (Å²) in [7, 11) is 0. The third-order valence-corrected chi connectivity index (χ3v) is 5.10. The zero-order valence-corrected chi connectivity index (χ0v) is 13.7. The normalized spacial score (nSPS) is 21.5. The zero-order chi connectivity index (χ0) is 15.5. The summed E-state index contributed by atoms with van der Waals surface area (Å²) in [5.74, 6) is -0.00236. The molecule has 5 nitrogen and oxygen atoms in total. The van der Waals surface area contributed by atoms with Crippen LogP contribution in [0.25, 0.3) is 0 Å². The highest BCUT2D eigenvalue weighted by molar-refractivity contribution is 7.09. The van der Waals surface area contributed by atoms with Crippen molar-refractivity contribution in [3.05, 3.63) is 16.6 Å². The minimum atomic E-state index is -0.743. The average Bonchev–Trinajstić information content (AvgIpc) is 2.98. The Hall–Kier alpha value is -1.43. The van der Waals surface area contributed by atoms with E-state index in [1.165, 1.54) is 11.3 Å². The second kappa shape index (κ2) is 6.56. The first-order chi connectivity index (χ1) is 10.1. The van der Waals surface area contributed by atoms with Gasteiger partial charge in [0.05, 0.1) is 6.54 Å². The second-order valence-electron chi connectivity index (χ2n) is 5.40. The van der Waals surface area contributed by atoms with Crippen LogP contribution < -0.4 is 5.32 Å². The van der Waals surface area contributed by atoms with Gasteiger partial charge in [-0.15, -0.1) is 11.3 Å². The molecule has 1 N–H and O–H groups in total. The van der Waals surface area contributed by atoms with Crippen molar-refractivity contribution >= 4 is 23.2 Å². The first kappa shape index (κ1) is 15.9. The van der Waals surface area contributed by atoms with E-state index in [1.54, 1.807) is 11.1 Å². The molecule has 0 radical (unpaired) electrons. The van der Waals surface area contributed by atoms with Gasteiger partial charge in [0.1, 0.15) is 16.6 Å². The molecule has 116 valence electrons. The van der Waals surface area contributed by atoms with Crippen LogP contribution in [0, 0.1) is 0 Å². The van der Waals surface area contributed by atoms with Crippen LogP contribution in [0.5, 0.6) is 0 Å². The number of aromatic nitrogens is 1. The number of hydrogen-bond donors (Lipinski definition) is 1. The highest BCUT2D eigenvalue weighted by atomic mass is 32.1. The smallest absolute Gasteiger partial charge is 0.246 e. The Kier molecular flexibility index (Phi) is 4.98. The summed E-state index contributed by atoms with van der Waals surface area (Å²) < 4.78 is 0. The Bertz CT molecular complexity index is 497. The third-order valence-electron chi connectivity index (χ3n) is 4.33. The van der Waals surface area contributed by atoms with Crippen molar-refractivity contribution in [2.24, 2.45) is 0 Å². The molecule has 0 bridgehead atoms. The molecule has 1 aliphatic rings. The molecule has 1 aliphatic heterocycles. The first-order valence-electron chi connectivity index (χ1n) is 7.59. The van der Waals surface area contributed by atoms with E-state index < -0.39 is 11.6 Å². The Morgan fingerprint density at radius 1 is 1.33 bits per heavy atom. The van der Waals surface area contributed by atoms with Gasteiger partial charge in [0.15, 0.2) is 0 Å². The Morgan fingerprint density at radius 3 is 2.57 bits per heavy atom. The van der Waals surface area contributed by atoms with Crippen molar-refractivity contribution in [2.75, 3.05) is 0 Å². The van der Waals surface area contributed by atoms with Crippen molar-refractivity contribution in [1.29, 1.82) is 0 Å². The minimum absolute atomic E-state index is 0.0235. The van der Waals surface area contributed by atoms with Gasteiger partial charge in [-0.2, -0.15) is 0 Å². The standard InChI is InChI=1S/C15H23N3O2S/c1-4-7-11-13(19)18(10-12-16-8-9-21-12)15(5-2,6-3)14(20)17-11/h8-9,11H,4-7,10H2,1-3H3,(H,17,20). The molecular weight excluding hydrogens is 286 g/mol. The predicted octanol–water partition coefficient (Wildman–Crippen LogP) is 2.33. The summed E-state index contributed by atoms with van der Waals surface area (Å²) in [4.78, 5) is 31.5. The Morgan fingerprint density at radius 2 is 2.05 bits per heavy atom. The zero-order valence-electron chi connectivity index (χ0n) is 12.9. The summed E-state index contributed by atoms with van der Waals surface area (Å²) in [5.41, 5.74) is -0.743. The number of amides is 2. The fraction of sp³-hybridized carbons (Fsp3) is 0.667. The SMILES string of the molecule is CCCC1NC(=O)C(CC)(CC)N(Cc2nccs2)C1=O. The molecule has 2 heterocycles. The van der Waals surface area contributed by atoms with Crippen LogP contribution in [-0.2, 0) is 16.1 Å². The van der Waals surface area contributed by atoms with Crippen molar-refractivity contribution < 1.29 is 9.59 Å². The fourth-order valence-corrected chi connectivity index (χ4v) is 3.61. The number of thiazole rings is 1. The van der Waals surface area contributed by atoms with E-state index in [0.29, 0.717) is 25.8 Å². The maximum Gasteiger partial charge on any atom is 0.246 e. The van der Waals surface area contributed by atoms with Crippen LogP contribution in [0.3, 0.4) is 0 Å². The lowest BCUT2D eigenvalue weighted by Crippen LogP contribution is -2.69. The topological polar surface area (TPSA) is 62.3 Å². The number of nitrogens with one attached hydrogen (secondary N) is 1. The maximum absolute atomic E-state index is 12.8. The van der Waals surface area contributed by atoms with E-state index in [0.717, 1.165) is 11.4 Å². The highest BCUT2D eigenvalue weighted by Crippen LogP contribution is 2.31. The number of rotatable bonds is 6. The Balaban J connectivity index is 2.34. The summed E-state index contributed by atoms with van der Waals surface area (Å²) in [6.07, 6.45) is 4.52. The number of carbonyl (C=O) groups excluding carboxylic acids is 2. The van der Waals surface area contributed by atoms with Gasteiger partial charge < -0.3 is 10.2 Å². The molecule has 0 aliphatic carbocycles. The highest BCUT2D eigenvalue weighted by Gasteiger charge is 2.50. The Labute approximate surface area is 129 Å². The number of piperazine rings is 1. The lowest BCUT2D eigenvalue weighted by atomic mass is 9.85. The van der Waals surface area contributed by atoms with Crippen molar-refractivity contribution in [2.45, 2.75) is 64.6 Å². The molecule has 2 rings (SSSR count). The molecular formula is C15H23N3O2S. The van der Waals surface area contributed by atoms with Crippen LogP contribution >= 0.6 is 11.3 Å². The minimum Gasteiger partial charge on any atom is -0.342 e. The fourth-order valence-electron chi connectivity index (χ4n) is 3.01. The molecule has 0 spiro atoms. The van der Waals surface area contributed by atoms with E-state index in [2.05, 4.69) is 10.3 Å². The summed E-state index contributed by atoms with van der Waals surface area (Å²) >= 11 is 1.52. The van der Waals surface area contributed by atoms with Gasteiger partial charge in [0, 0.05) is 11.6 Å². The van der Waals surface area contributed by atoms with Crippen molar-refractivity contribution in [1.82, 2.24) is 15.2 Å². The molecule has 1 atom stereocenters. The van der Waals surface area contributed by atoms with E-state index in [9.17, 15) is 9.59 Å². The van der Waals surface area contributed by atoms with E-state index in [-0.39, 0.29) is 11.8 Å². The summed E-state index contributed by atoms with van der Waals surface area (Å²) in [6, 6.07) is -0.395. The van der Waals surface area contributed by atoms with Gasteiger partial charge in [-0.05, 0) is 19.3 Å². The van der Waals surface area contributed by atoms with Crippen LogP contribution in [-0.4, -0.2) is 33.3 Å². The lowest BCUT2D eigenvalue weighted by molar-refractivity contribution is -0.159. The lowest BCUT2D eigenvalue weighted by Gasteiger charge is -2.47. The van der Waals surface area contributed by atoms with E-state index in [4.69, 9.17) is 0 Å². The third kappa shape index (κ3) is 2.81. The molecule has 1 unspecified atom stereocenters. The van der Waals surface area contributed by atoms with Crippen LogP contribution in [0.4, 0.5) is 0 Å². The second-order valence-corrected chi connectivity index (χ2v) is 6.38. The molecule has 2 amide bonds. The molecule has 0 saturated carbocycles. The molecule has 1 aromatic heterocycles. The largest absolute Gasteiger partial charge is 0.342 e. The number of carbonyl (C=O) groups is 2. The maximum atomic E-state index is 12.8. The number of nitrogens with zero attached hydrogens (tertiary/aromatic N) is 2. The van der Waals surface area contributed by atoms with Crippen molar-refractivity contribution in [3.63, 3.8) is 0 Å². The van der Waals surface area contributed by atoms with E-state index >= 15 is 0 Å². The predicted molar refractivity (Wildman–Crippen MR) is 82.8 cm³/mol. The van der Waals surface area contributed by atoms with Crippen LogP contribution in [0.2, 0.25) is 0 Å². The summed E-state index contributed by atoms with van der Waals surface area (Å²) in [6.45, 7) is 6.37. The van der Waals surface area contributed by atoms with Gasteiger partial charge in [0.25, 0.3) is 0 Å². The van der Waals surface area contributed by atoms with Gasteiger partial charge in [-0.25, -0.2) is 4.98 Å². The van der Waals surface area contributed by atoms with Crippen LogP contribution in [0.1, 0.15) is 51.5 Å². The molecule has 21 heavy (non-hydrogen) atoms. The van der Waals surface area contributed by atoms with Gasteiger partial charge in [-0.3, -0.25) is 9.59 Å². The van der Waals surface area contributed by atoms with E-state index in [1.807, 2.05) is 26.2 Å². The molecule has 6 heteroatoms. The summed E-state index contributed by atoms with van der Waals surface area (Å²) in [5, 5.41) is 5.69. The van der Waals surface area contributed by atoms with Crippen molar-refractivity contribution in [3.8, 4) is 0 Å². The number of hydrogen-bond acceptors (Lipinski definition) is 4. The molecule has 1 aromatic rings. The van der Waals surface area contributed by atoms with Gasteiger partial charge >= 0.3 is 0 Å². The quantitative estimate of drug-likeness (QED) is 0.877. The monoisotopic (exact) mass is 309 g/mol. The van der Waals surface area contributed by atoms with Crippen LogP contribution in [0.15, 0.2) is 11.6 Å². The van der Waals surface area contributed by atoms with Gasteiger partial charge in [-0.1, -0.05) is 27.2 Å². The molecule has 1 saturated heterocycles. The van der Waals surface area contributed by atoms with Gasteiger partial charge in [0.2, 0.25) is 11.8 Å². The average molecular weight is 309 g/mol. The molecule has 0 aromatic carbocycles. The molecule has 1 fully saturated rings. The first-order valence-corrected chi connectivity index (χ1v) is 8.47.